The minimum Gasteiger partial charge on any atom is -0.493 e. The van der Waals surface area contributed by atoms with Gasteiger partial charge in [-0.25, -0.2) is 0 Å². The van der Waals surface area contributed by atoms with Gasteiger partial charge in [-0.1, -0.05) is 31.4 Å². The lowest BCUT2D eigenvalue weighted by Gasteiger charge is -2.22. The first kappa shape index (κ1) is 19.1. The topological polar surface area (TPSA) is 64.7 Å². The molecule has 0 heterocycles. The molecule has 0 aliphatic rings. The van der Waals surface area contributed by atoms with Crippen molar-refractivity contribution >= 4 is 11.6 Å². The van der Waals surface area contributed by atoms with Crippen LogP contribution in [0.1, 0.15) is 45.1 Å². The van der Waals surface area contributed by atoms with Crippen LogP contribution in [0, 0.1) is 0 Å². The number of hydrogen-bond acceptors (Lipinski definition) is 4. The average Bonchev–Trinajstić information content (AvgIpc) is 2.50. The zero-order valence-corrected chi connectivity index (χ0v) is 14.6. The Morgan fingerprint density at radius 2 is 2.05 bits per heavy atom. The fourth-order valence-electron chi connectivity index (χ4n) is 2.09. The van der Waals surface area contributed by atoms with Gasteiger partial charge in [0.2, 0.25) is 0 Å². The first-order chi connectivity index (χ1) is 10.4. The molecular weight excluding hydrogens is 302 g/mol. The van der Waals surface area contributed by atoms with Gasteiger partial charge in [0.1, 0.15) is 0 Å². The molecule has 0 amide bonds. The Balaban J connectivity index is 2.77. The highest BCUT2D eigenvalue weighted by atomic mass is 35.5. The van der Waals surface area contributed by atoms with Crippen LogP contribution < -0.4 is 15.2 Å². The van der Waals surface area contributed by atoms with E-state index in [4.69, 9.17) is 26.8 Å². The third kappa shape index (κ3) is 6.03. The Hall–Kier alpha value is -0.970. The normalized spacial score (nSPS) is 13.7. The Morgan fingerprint density at radius 3 is 2.64 bits per heavy atom. The number of rotatable bonds is 10. The van der Waals surface area contributed by atoms with E-state index in [9.17, 15) is 5.11 Å². The molecule has 126 valence electrons. The van der Waals surface area contributed by atoms with Crippen molar-refractivity contribution in [2.24, 2.45) is 5.73 Å². The summed E-state index contributed by atoms with van der Waals surface area (Å²) in [6, 6.07) is 3.81. The monoisotopic (exact) mass is 329 g/mol. The fourth-order valence-corrected chi connectivity index (χ4v) is 2.38. The van der Waals surface area contributed by atoms with E-state index in [-0.39, 0.29) is 6.61 Å². The van der Waals surface area contributed by atoms with Crippen LogP contribution in [0.2, 0.25) is 5.02 Å². The standard InChI is InChI=1S/C17H28ClNO3/c1-4-5-6-9-22-16-14(18)10-13(11-15(16)21-3)7-8-17(2,19)12-20/h10-11,20H,4-9,12,19H2,1-3H3. The second-order valence-electron chi connectivity index (χ2n) is 5.98. The fraction of sp³-hybridized carbons (Fsp3) is 0.647. The third-order valence-corrected chi connectivity index (χ3v) is 3.91. The molecule has 1 unspecified atom stereocenters. The molecule has 0 saturated heterocycles. The summed E-state index contributed by atoms with van der Waals surface area (Å²) >= 11 is 6.32. The first-order valence-electron chi connectivity index (χ1n) is 7.82. The summed E-state index contributed by atoms with van der Waals surface area (Å²) in [4.78, 5) is 0. The molecule has 3 N–H and O–H groups in total. The van der Waals surface area contributed by atoms with Crippen molar-refractivity contribution in [3.8, 4) is 11.5 Å². The van der Waals surface area contributed by atoms with Gasteiger partial charge in [-0.15, -0.1) is 0 Å². The predicted octanol–water partition coefficient (Wildman–Crippen LogP) is 3.56. The number of aryl methyl sites for hydroxylation is 1. The van der Waals surface area contributed by atoms with E-state index in [2.05, 4.69) is 6.92 Å². The average molecular weight is 330 g/mol. The largest absolute Gasteiger partial charge is 0.493 e. The molecular formula is C17H28ClNO3. The van der Waals surface area contributed by atoms with Gasteiger partial charge in [-0.3, -0.25) is 0 Å². The highest BCUT2D eigenvalue weighted by Gasteiger charge is 2.18. The lowest BCUT2D eigenvalue weighted by Crippen LogP contribution is -2.40. The van der Waals surface area contributed by atoms with Gasteiger partial charge in [-0.2, -0.15) is 0 Å². The molecule has 4 nitrogen and oxygen atoms in total. The van der Waals surface area contributed by atoms with Gasteiger partial charge in [0, 0.05) is 5.54 Å². The molecule has 22 heavy (non-hydrogen) atoms. The molecule has 0 spiro atoms. The van der Waals surface area contributed by atoms with E-state index >= 15 is 0 Å². The van der Waals surface area contributed by atoms with E-state index in [0.717, 1.165) is 31.2 Å². The number of unbranched alkanes of at least 4 members (excludes halogenated alkanes) is 2. The van der Waals surface area contributed by atoms with Crippen LogP contribution in [0.15, 0.2) is 12.1 Å². The molecule has 0 saturated carbocycles. The molecule has 0 aliphatic carbocycles. The number of nitrogens with two attached hydrogens (primary N) is 1. The Kier molecular flexibility index (Phi) is 8.01. The van der Waals surface area contributed by atoms with Crippen LogP contribution in [0.5, 0.6) is 11.5 Å². The van der Waals surface area contributed by atoms with Crippen molar-refractivity contribution in [1.29, 1.82) is 0 Å². The third-order valence-electron chi connectivity index (χ3n) is 3.63. The number of aliphatic hydroxyl groups excluding tert-OH is 1. The van der Waals surface area contributed by atoms with Crippen molar-refractivity contribution in [3.05, 3.63) is 22.7 Å². The molecule has 0 bridgehead atoms. The second kappa shape index (κ2) is 9.23. The summed E-state index contributed by atoms with van der Waals surface area (Å²) in [5.41, 5.74) is 6.39. The van der Waals surface area contributed by atoms with Gasteiger partial charge in [0.05, 0.1) is 25.3 Å². The molecule has 0 aliphatic heterocycles. The Labute approximate surface area is 138 Å². The molecule has 1 aromatic rings. The van der Waals surface area contributed by atoms with Crippen molar-refractivity contribution in [1.82, 2.24) is 0 Å². The summed E-state index contributed by atoms with van der Waals surface area (Å²) in [6.45, 7) is 4.57. The number of halogens is 1. The first-order valence-corrected chi connectivity index (χ1v) is 8.20. The summed E-state index contributed by atoms with van der Waals surface area (Å²) < 4.78 is 11.2. The second-order valence-corrected chi connectivity index (χ2v) is 6.38. The molecule has 0 radical (unpaired) electrons. The molecule has 1 atom stereocenters. The van der Waals surface area contributed by atoms with E-state index < -0.39 is 5.54 Å². The minimum absolute atomic E-state index is 0.0451. The number of methoxy groups -OCH3 is 1. The van der Waals surface area contributed by atoms with Crippen molar-refractivity contribution in [2.75, 3.05) is 20.3 Å². The molecule has 5 heteroatoms. The summed E-state index contributed by atoms with van der Waals surface area (Å²) in [6.07, 6.45) is 4.67. The number of benzene rings is 1. The van der Waals surface area contributed by atoms with E-state index in [0.29, 0.717) is 29.5 Å². The van der Waals surface area contributed by atoms with Crippen LogP contribution in [-0.2, 0) is 6.42 Å². The van der Waals surface area contributed by atoms with Gasteiger partial charge in [0.25, 0.3) is 0 Å². The van der Waals surface area contributed by atoms with Gasteiger partial charge in [-0.05, 0) is 43.9 Å². The Bertz CT molecular complexity index is 463. The van der Waals surface area contributed by atoms with Gasteiger partial charge >= 0.3 is 0 Å². The zero-order valence-electron chi connectivity index (χ0n) is 13.8. The van der Waals surface area contributed by atoms with Crippen LogP contribution in [0.4, 0.5) is 0 Å². The SMILES string of the molecule is CCCCCOc1c(Cl)cc(CCC(C)(N)CO)cc1OC. The lowest BCUT2D eigenvalue weighted by molar-refractivity contribution is 0.200. The van der Waals surface area contributed by atoms with E-state index in [1.165, 1.54) is 0 Å². The lowest BCUT2D eigenvalue weighted by atomic mass is 9.95. The molecule has 0 aromatic heterocycles. The van der Waals surface area contributed by atoms with E-state index in [1.54, 1.807) is 7.11 Å². The summed E-state index contributed by atoms with van der Waals surface area (Å²) in [7, 11) is 1.61. The van der Waals surface area contributed by atoms with Crippen molar-refractivity contribution in [2.45, 2.75) is 51.5 Å². The van der Waals surface area contributed by atoms with Crippen molar-refractivity contribution in [3.63, 3.8) is 0 Å². The maximum atomic E-state index is 9.22. The zero-order chi connectivity index (χ0) is 16.6. The highest BCUT2D eigenvalue weighted by Crippen LogP contribution is 2.37. The highest BCUT2D eigenvalue weighted by molar-refractivity contribution is 6.32. The number of aliphatic hydroxyl groups is 1. The van der Waals surface area contributed by atoms with Gasteiger partial charge < -0.3 is 20.3 Å². The van der Waals surface area contributed by atoms with Gasteiger partial charge in [0.15, 0.2) is 11.5 Å². The smallest absolute Gasteiger partial charge is 0.179 e. The predicted molar refractivity (Wildman–Crippen MR) is 91.0 cm³/mol. The molecule has 1 rings (SSSR count). The summed E-state index contributed by atoms with van der Waals surface area (Å²) in [5.74, 6) is 1.24. The van der Waals surface area contributed by atoms with Crippen LogP contribution in [0.25, 0.3) is 0 Å². The van der Waals surface area contributed by atoms with Crippen LogP contribution in [0.3, 0.4) is 0 Å². The maximum Gasteiger partial charge on any atom is 0.179 e. The maximum absolute atomic E-state index is 9.22. The molecule has 1 aromatic carbocycles. The minimum atomic E-state index is -0.588. The quantitative estimate of drug-likeness (QED) is 0.644. The van der Waals surface area contributed by atoms with Crippen molar-refractivity contribution < 1.29 is 14.6 Å². The van der Waals surface area contributed by atoms with Crippen LogP contribution in [-0.4, -0.2) is 31.0 Å². The number of ether oxygens (including phenoxy) is 2. The molecule has 0 fully saturated rings. The van der Waals surface area contributed by atoms with E-state index in [1.807, 2.05) is 19.1 Å². The van der Waals surface area contributed by atoms with Crippen LogP contribution >= 0.6 is 11.6 Å². The Morgan fingerprint density at radius 1 is 1.32 bits per heavy atom. The number of hydrogen-bond donors (Lipinski definition) is 2. The summed E-state index contributed by atoms with van der Waals surface area (Å²) in [5, 5.41) is 9.77.